The Morgan fingerprint density at radius 1 is 1.22 bits per heavy atom. The minimum absolute atomic E-state index is 0.0662. The quantitative estimate of drug-likeness (QED) is 0.849. The minimum Gasteiger partial charge on any atom is -0.494 e. The predicted molar refractivity (Wildman–Crippen MR) is 85.1 cm³/mol. The number of furan rings is 1. The number of likely N-dealkylation sites (N-methyl/N-ethyl adjacent to an activating group) is 1. The van der Waals surface area contributed by atoms with E-state index in [4.69, 9.17) is 9.15 Å². The Labute approximate surface area is 135 Å². The number of hydrogen-bond donors (Lipinski definition) is 1. The van der Waals surface area contributed by atoms with Crippen molar-refractivity contribution in [2.24, 2.45) is 0 Å². The molecule has 122 valence electrons. The summed E-state index contributed by atoms with van der Waals surface area (Å²) in [5.74, 6) is 0.908. The standard InChI is InChI=1S/C17H20N2O4/c1-3-22-14-8-6-13(7-9-14)17(21)18-11-16(20)19(2)12-15-5-4-10-23-15/h4-10H,3,11-12H2,1-2H3,(H,18,21). The van der Waals surface area contributed by atoms with E-state index < -0.39 is 0 Å². The fourth-order valence-electron chi connectivity index (χ4n) is 1.99. The molecule has 6 heteroatoms. The third-order valence-corrected chi connectivity index (χ3v) is 3.23. The van der Waals surface area contributed by atoms with Gasteiger partial charge in [-0.3, -0.25) is 9.59 Å². The highest BCUT2D eigenvalue weighted by Crippen LogP contribution is 2.12. The molecule has 0 saturated heterocycles. The molecule has 2 aromatic rings. The maximum Gasteiger partial charge on any atom is 0.251 e. The van der Waals surface area contributed by atoms with Gasteiger partial charge in [0.25, 0.3) is 5.91 Å². The first-order chi connectivity index (χ1) is 11.1. The average molecular weight is 316 g/mol. The maximum atomic E-state index is 12.0. The highest BCUT2D eigenvalue weighted by Gasteiger charge is 2.13. The van der Waals surface area contributed by atoms with Crippen molar-refractivity contribution in [3.05, 3.63) is 54.0 Å². The average Bonchev–Trinajstić information content (AvgIpc) is 3.06. The van der Waals surface area contributed by atoms with Crippen LogP contribution < -0.4 is 10.1 Å². The molecule has 2 amide bonds. The molecule has 1 N–H and O–H groups in total. The van der Waals surface area contributed by atoms with Gasteiger partial charge < -0.3 is 19.4 Å². The number of nitrogens with one attached hydrogen (secondary N) is 1. The van der Waals surface area contributed by atoms with Gasteiger partial charge in [0, 0.05) is 12.6 Å². The Hall–Kier alpha value is -2.76. The first-order valence-electron chi connectivity index (χ1n) is 7.37. The van der Waals surface area contributed by atoms with E-state index in [1.807, 2.05) is 6.92 Å². The maximum absolute atomic E-state index is 12.0. The van der Waals surface area contributed by atoms with Crippen LogP contribution in [0.4, 0.5) is 0 Å². The van der Waals surface area contributed by atoms with Gasteiger partial charge in [-0.2, -0.15) is 0 Å². The van der Waals surface area contributed by atoms with Crippen molar-refractivity contribution < 1.29 is 18.7 Å². The molecule has 1 aromatic heterocycles. The van der Waals surface area contributed by atoms with E-state index in [2.05, 4.69) is 5.32 Å². The van der Waals surface area contributed by atoms with Crippen LogP contribution in [0.15, 0.2) is 47.1 Å². The molecule has 0 radical (unpaired) electrons. The molecule has 0 bridgehead atoms. The van der Waals surface area contributed by atoms with Gasteiger partial charge in [-0.15, -0.1) is 0 Å². The van der Waals surface area contributed by atoms with Crippen LogP contribution in [0.1, 0.15) is 23.0 Å². The predicted octanol–water partition coefficient (Wildman–Crippen LogP) is 2.07. The monoisotopic (exact) mass is 316 g/mol. The van der Waals surface area contributed by atoms with Crippen LogP contribution in [0.25, 0.3) is 0 Å². The molecule has 2 rings (SSSR count). The summed E-state index contributed by atoms with van der Waals surface area (Å²) in [6.07, 6.45) is 1.56. The van der Waals surface area contributed by atoms with Crippen molar-refractivity contribution in [2.75, 3.05) is 20.2 Å². The summed E-state index contributed by atoms with van der Waals surface area (Å²) in [4.78, 5) is 25.5. The van der Waals surface area contributed by atoms with E-state index >= 15 is 0 Å². The minimum atomic E-state index is -0.298. The number of hydrogen-bond acceptors (Lipinski definition) is 4. The van der Waals surface area contributed by atoms with Crippen LogP contribution in [-0.2, 0) is 11.3 Å². The van der Waals surface area contributed by atoms with E-state index in [0.29, 0.717) is 30.2 Å². The molecule has 23 heavy (non-hydrogen) atoms. The molecule has 0 aliphatic heterocycles. The van der Waals surface area contributed by atoms with E-state index in [-0.39, 0.29) is 18.4 Å². The molecular weight excluding hydrogens is 296 g/mol. The molecule has 0 atom stereocenters. The highest BCUT2D eigenvalue weighted by molar-refractivity contribution is 5.96. The number of amides is 2. The van der Waals surface area contributed by atoms with Crippen LogP contribution in [0.3, 0.4) is 0 Å². The van der Waals surface area contributed by atoms with Crippen molar-refractivity contribution in [2.45, 2.75) is 13.5 Å². The topological polar surface area (TPSA) is 71.8 Å². The van der Waals surface area contributed by atoms with Gasteiger partial charge in [-0.1, -0.05) is 0 Å². The lowest BCUT2D eigenvalue weighted by Gasteiger charge is -2.16. The molecule has 0 unspecified atom stereocenters. The van der Waals surface area contributed by atoms with Gasteiger partial charge in [0.1, 0.15) is 11.5 Å². The number of benzene rings is 1. The molecular formula is C17H20N2O4. The van der Waals surface area contributed by atoms with Gasteiger partial charge in [0.2, 0.25) is 5.91 Å². The summed E-state index contributed by atoms with van der Waals surface area (Å²) in [6.45, 7) is 2.77. The Balaban J connectivity index is 1.82. The lowest BCUT2D eigenvalue weighted by Crippen LogP contribution is -2.37. The van der Waals surface area contributed by atoms with E-state index in [9.17, 15) is 9.59 Å². The highest BCUT2D eigenvalue weighted by atomic mass is 16.5. The molecule has 0 spiro atoms. The summed E-state index contributed by atoms with van der Waals surface area (Å²) in [7, 11) is 1.66. The lowest BCUT2D eigenvalue weighted by atomic mass is 10.2. The van der Waals surface area contributed by atoms with Gasteiger partial charge >= 0.3 is 0 Å². The zero-order chi connectivity index (χ0) is 16.7. The Morgan fingerprint density at radius 3 is 2.57 bits per heavy atom. The normalized spacial score (nSPS) is 10.2. The summed E-state index contributed by atoms with van der Waals surface area (Å²) in [5.41, 5.74) is 0.481. The zero-order valence-electron chi connectivity index (χ0n) is 13.2. The van der Waals surface area contributed by atoms with E-state index in [0.717, 1.165) is 0 Å². The van der Waals surface area contributed by atoms with Crippen molar-refractivity contribution in [3.8, 4) is 5.75 Å². The Bertz CT molecular complexity index is 635. The Morgan fingerprint density at radius 2 is 1.96 bits per heavy atom. The second kappa shape index (κ2) is 8.03. The third-order valence-electron chi connectivity index (χ3n) is 3.23. The van der Waals surface area contributed by atoms with Crippen molar-refractivity contribution >= 4 is 11.8 Å². The van der Waals surface area contributed by atoms with Gasteiger partial charge in [-0.25, -0.2) is 0 Å². The second-order valence-corrected chi connectivity index (χ2v) is 4.97. The van der Waals surface area contributed by atoms with Crippen LogP contribution in [0.2, 0.25) is 0 Å². The fraction of sp³-hybridized carbons (Fsp3) is 0.294. The van der Waals surface area contributed by atoms with Crippen molar-refractivity contribution in [3.63, 3.8) is 0 Å². The third kappa shape index (κ3) is 4.88. The van der Waals surface area contributed by atoms with Crippen LogP contribution in [-0.4, -0.2) is 36.9 Å². The molecule has 0 fully saturated rings. The summed E-state index contributed by atoms with van der Waals surface area (Å²) in [6, 6.07) is 10.3. The summed E-state index contributed by atoms with van der Waals surface area (Å²) in [5, 5.41) is 2.61. The van der Waals surface area contributed by atoms with E-state index in [1.54, 1.807) is 49.7 Å². The molecule has 0 saturated carbocycles. The van der Waals surface area contributed by atoms with Crippen molar-refractivity contribution in [1.29, 1.82) is 0 Å². The number of carbonyl (C=O) groups excluding carboxylic acids is 2. The number of rotatable bonds is 7. The fourth-order valence-corrected chi connectivity index (χ4v) is 1.99. The molecule has 1 heterocycles. The zero-order valence-corrected chi connectivity index (χ0v) is 13.2. The SMILES string of the molecule is CCOc1ccc(C(=O)NCC(=O)N(C)Cc2ccco2)cc1. The largest absolute Gasteiger partial charge is 0.494 e. The number of carbonyl (C=O) groups is 2. The Kier molecular flexibility index (Phi) is 5.80. The van der Waals surface area contributed by atoms with Gasteiger partial charge in [-0.05, 0) is 43.3 Å². The first kappa shape index (κ1) is 16.6. The van der Waals surface area contributed by atoms with Crippen molar-refractivity contribution in [1.82, 2.24) is 10.2 Å². The van der Waals surface area contributed by atoms with Crippen LogP contribution >= 0.6 is 0 Å². The van der Waals surface area contributed by atoms with E-state index in [1.165, 1.54) is 4.90 Å². The molecule has 1 aromatic carbocycles. The number of nitrogens with zero attached hydrogens (tertiary/aromatic N) is 1. The smallest absolute Gasteiger partial charge is 0.251 e. The molecule has 6 nitrogen and oxygen atoms in total. The molecule has 0 aliphatic rings. The summed E-state index contributed by atoms with van der Waals surface area (Å²) >= 11 is 0. The van der Waals surface area contributed by atoms with Crippen LogP contribution in [0.5, 0.6) is 5.75 Å². The summed E-state index contributed by atoms with van der Waals surface area (Å²) < 4.78 is 10.5. The van der Waals surface area contributed by atoms with Gasteiger partial charge in [0.15, 0.2) is 0 Å². The van der Waals surface area contributed by atoms with Crippen LogP contribution in [0, 0.1) is 0 Å². The van der Waals surface area contributed by atoms with Gasteiger partial charge in [0.05, 0.1) is 26.0 Å². The first-order valence-corrected chi connectivity index (χ1v) is 7.37. The number of ether oxygens (including phenoxy) is 1. The molecule has 0 aliphatic carbocycles. The lowest BCUT2D eigenvalue weighted by molar-refractivity contribution is -0.129. The second-order valence-electron chi connectivity index (χ2n) is 4.97.